The van der Waals surface area contributed by atoms with Gasteiger partial charge in [-0.05, 0) is 33.6 Å². The SMILES string of the molecule is N/C(=N/O)c1cccc(CNc2cc(F)c(Br)cc2F)c1. The van der Waals surface area contributed by atoms with Gasteiger partial charge in [0.05, 0.1) is 10.2 Å². The van der Waals surface area contributed by atoms with Crippen LogP contribution in [0.5, 0.6) is 0 Å². The largest absolute Gasteiger partial charge is 0.409 e. The van der Waals surface area contributed by atoms with Crippen molar-refractivity contribution in [1.29, 1.82) is 0 Å². The third-order valence-corrected chi connectivity index (χ3v) is 3.43. The van der Waals surface area contributed by atoms with Crippen molar-refractivity contribution in [1.82, 2.24) is 0 Å². The maximum absolute atomic E-state index is 13.7. The number of hydrogen-bond donors (Lipinski definition) is 3. The Morgan fingerprint density at radius 1 is 1.24 bits per heavy atom. The van der Waals surface area contributed by atoms with Crippen LogP contribution in [0.4, 0.5) is 14.5 Å². The quantitative estimate of drug-likeness (QED) is 0.258. The molecule has 7 heteroatoms. The molecule has 110 valence electrons. The lowest BCUT2D eigenvalue weighted by Crippen LogP contribution is -2.13. The third kappa shape index (κ3) is 3.69. The number of nitrogens with zero attached hydrogens (tertiary/aromatic N) is 1. The molecule has 0 aliphatic heterocycles. The van der Waals surface area contributed by atoms with Gasteiger partial charge >= 0.3 is 0 Å². The summed E-state index contributed by atoms with van der Waals surface area (Å²) in [6.45, 7) is 0.268. The van der Waals surface area contributed by atoms with Gasteiger partial charge in [0, 0.05) is 18.2 Å². The molecule has 2 rings (SSSR count). The smallest absolute Gasteiger partial charge is 0.170 e. The standard InChI is InChI=1S/C14H12BrF2N3O/c15-10-5-12(17)13(6-11(10)16)19-7-8-2-1-3-9(4-8)14(18)20-21/h1-6,19,21H,7H2,(H2,18,20). The predicted octanol–water partition coefficient (Wildman–Crippen LogP) is 3.43. The normalized spacial score (nSPS) is 11.5. The Morgan fingerprint density at radius 2 is 2.00 bits per heavy atom. The van der Waals surface area contributed by atoms with Crippen molar-refractivity contribution >= 4 is 27.5 Å². The van der Waals surface area contributed by atoms with Crippen LogP contribution in [0.15, 0.2) is 46.0 Å². The molecule has 21 heavy (non-hydrogen) atoms. The lowest BCUT2D eigenvalue weighted by molar-refractivity contribution is 0.318. The van der Waals surface area contributed by atoms with E-state index in [0.29, 0.717) is 5.56 Å². The maximum atomic E-state index is 13.7. The van der Waals surface area contributed by atoms with Crippen LogP contribution in [0.3, 0.4) is 0 Å². The van der Waals surface area contributed by atoms with Gasteiger partial charge in [-0.15, -0.1) is 0 Å². The molecule has 0 radical (unpaired) electrons. The average molecular weight is 356 g/mol. The molecular formula is C14H12BrF2N3O. The van der Waals surface area contributed by atoms with E-state index in [4.69, 9.17) is 10.9 Å². The van der Waals surface area contributed by atoms with Crippen molar-refractivity contribution in [2.75, 3.05) is 5.32 Å². The molecule has 0 fully saturated rings. The van der Waals surface area contributed by atoms with Gasteiger partial charge in [-0.1, -0.05) is 23.4 Å². The van der Waals surface area contributed by atoms with Crippen molar-refractivity contribution in [2.24, 2.45) is 10.9 Å². The van der Waals surface area contributed by atoms with E-state index in [9.17, 15) is 8.78 Å². The minimum atomic E-state index is -0.559. The summed E-state index contributed by atoms with van der Waals surface area (Å²) in [5, 5.41) is 14.3. The number of nitrogens with one attached hydrogen (secondary N) is 1. The molecule has 4 nitrogen and oxygen atoms in total. The first kappa shape index (κ1) is 15.2. The fraction of sp³-hybridized carbons (Fsp3) is 0.0714. The van der Waals surface area contributed by atoms with Gasteiger partial charge < -0.3 is 16.3 Å². The number of hydrogen-bond acceptors (Lipinski definition) is 3. The number of oxime groups is 1. The van der Waals surface area contributed by atoms with Gasteiger partial charge in [0.15, 0.2) is 5.84 Å². The first-order chi connectivity index (χ1) is 10.0. The molecule has 2 aromatic carbocycles. The van der Waals surface area contributed by atoms with Gasteiger partial charge in [-0.2, -0.15) is 0 Å². The zero-order chi connectivity index (χ0) is 15.4. The van der Waals surface area contributed by atoms with Crippen molar-refractivity contribution in [3.63, 3.8) is 0 Å². The molecule has 0 spiro atoms. The molecule has 0 heterocycles. The van der Waals surface area contributed by atoms with E-state index >= 15 is 0 Å². The van der Waals surface area contributed by atoms with E-state index in [2.05, 4.69) is 26.4 Å². The summed E-state index contributed by atoms with van der Waals surface area (Å²) in [6.07, 6.45) is 0. The van der Waals surface area contributed by atoms with Crippen LogP contribution in [-0.4, -0.2) is 11.0 Å². The Kier molecular flexibility index (Phi) is 4.74. The Labute approximate surface area is 128 Å². The van der Waals surface area contributed by atoms with Crippen LogP contribution in [0.25, 0.3) is 0 Å². The molecule has 0 atom stereocenters. The summed E-state index contributed by atoms with van der Waals surface area (Å²) < 4.78 is 27.1. The molecule has 0 saturated heterocycles. The van der Waals surface area contributed by atoms with Crippen LogP contribution in [0.1, 0.15) is 11.1 Å². The van der Waals surface area contributed by atoms with Gasteiger partial charge in [-0.25, -0.2) is 8.78 Å². The maximum Gasteiger partial charge on any atom is 0.170 e. The Morgan fingerprint density at radius 3 is 2.71 bits per heavy atom. The van der Waals surface area contributed by atoms with Crippen LogP contribution in [-0.2, 0) is 6.54 Å². The summed E-state index contributed by atoms with van der Waals surface area (Å²) in [5.74, 6) is -1.13. The highest BCUT2D eigenvalue weighted by Gasteiger charge is 2.08. The molecular weight excluding hydrogens is 344 g/mol. The van der Waals surface area contributed by atoms with E-state index in [1.807, 2.05) is 0 Å². The Balaban J connectivity index is 2.15. The first-order valence-corrected chi connectivity index (χ1v) is 6.76. The summed E-state index contributed by atoms with van der Waals surface area (Å²) in [7, 11) is 0. The van der Waals surface area contributed by atoms with Gasteiger partial charge in [0.25, 0.3) is 0 Å². The highest BCUT2D eigenvalue weighted by Crippen LogP contribution is 2.23. The highest BCUT2D eigenvalue weighted by atomic mass is 79.9. The molecule has 0 saturated carbocycles. The summed E-state index contributed by atoms with van der Waals surface area (Å²) in [6, 6.07) is 9.02. The van der Waals surface area contributed by atoms with E-state index < -0.39 is 11.6 Å². The minimum absolute atomic E-state index is 0.0160. The van der Waals surface area contributed by atoms with Crippen LogP contribution in [0, 0.1) is 11.6 Å². The molecule has 2 aromatic rings. The van der Waals surface area contributed by atoms with Crippen LogP contribution in [0.2, 0.25) is 0 Å². The molecule has 0 amide bonds. The zero-order valence-corrected chi connectivity index (χ0v) is 12.4. The monoisotopic (exact) mass is 355 g/mol. The molecule has 4 N–H and O–H groups in total. The van der Waals surface area contributed by atoms with E-state index in [1.165, 1.54) is 0 Å². The molecule has 0 bridgehead atoms. The summed E-state index contributed by atoms with van der Waals surface area (Å²) >= 11 is 2.92. The van der Waals surface area contributed by atoms with E-state index in [1.54, 1.807) is 24.3 Å². The molecule has 0 unspecified atom stereocenters. The first-order valence-electron chi connectivity index (χ1n) is 5.96. The predicted molar refractivity (Wildman–Crippen MR) is 80.3 cm³/mol. The lowest BCUT2D eigenvalue weighted by atomic mass is 10.1. The van der Waals surface area contributed by atoms with Crippen molar-refractivity contribution in [3.05, 3.63) is 63.6 Å². The van der Waals surface area contributed by atoms with Crippen LogP contribution < -0.4 is 11.1 Å². The molecule has 0 aliphatic rings. The van der Waals surface area contributed by atoms with Gasteiger partial charge in [0.2, 0.25) is 0 Å². The second-order valence-electron chi connectivity index (χ2n) is 4.29. The molecule has 0 aliphatic carbocycles. The topological polar surface area (TPSA) is 70.6 Å². The van der Waals surface area contributed by atoms with Crippen molar-refractivity contribution < 1.29 is 14.0 Å². The fourth-order valence-electron chi connectivity index (χ4n) is 1.75. The van der Waals surface area contributed by atoms with Gasteiger partial charge in [-0.3, -0.25) is 0 Å². The second kappa shape index (κ2) is 6.53. The Hall–Kier alpha value is -2.15. The number of anilines is 1. The second-order valence-corrected chi connectivity index (χ2v) is 5.14. The number of nitrogens with two attached hydrogens (primary N) is 1. The van der Waals surface area contributed by atoms with E-state index in [-0.39, 0.29) is 22.5 Å². The van der Waals surface area contributed by atoms with Crippen molar-refractivity contribution in [2.45, 2.75) is 6.54 Å². The minimum Gasteiger partial charge on any atom is -0.409 e. The highest BCUT2D eigenvalue weighted by molar-refractivity contribution is 9.10. The van der Waals surface area contributed by atoms with E-state index in [0.717, 1.165) is 17.7 Å². The number of benzene rings is 2. The number of halogens is 3. The van der Waals surface area contributed by atoms with Gasteiger partial charge in [0.1, 0.15) is 11.6 Å². The Bertz CT molecular complexity index is 692. The van der Waals surface area contributed by atoms with Crippen molar-refractivity contribution in [3.8, 4) is 0 Å². The summed E-state index contributed by atoms with van der Waals surface area (Å²) in [4.78, 5) is 0. The molecule has 0 aromatic heterocycles. The third-order valence-electron chi connectivity index (χ3n) is 2.82. The van der Waals surface area contributed by atoms with Crippen LogP contribution >= 0.6 is 15.9 Å². The number of amidine groups is 1. The fourth-order valence-corrected chi connectivity index (χ4v) is 2.07. The zero-order valence-electron chi connectivity index (χ0n) is 10.8. The lowest BCUT2D eigenvalue weighted by Gasteiger charge is -2.09. The summed E-state index contributed by atoms with van der Waals surface area (Å²) in [5.41, 5.74) is 6.88. The number of rotatable bonds is 4. The average Bonchev–Trinajstić information content (AvgIpc) is 2.49.